The maximum atomic E-state index is 11.9. The summed E-state index contributed by atoms with van der Waals surface area (Å²) in [6, 6.07) is 7.27. The zero-order chi connectivity index (χ0) is 15.0. The van der Waals surface area contributed by atoms with E-state index in [-0.39, 0.29) is 5.97 Å². The fourth-order valence-corrected chi connectivity index (χ4v) is 2.21. The second-order valence-corrected chi connectivity index (χ2v) is 4.69. The van der Waals surface area contributed by atoms with Crippen molar-refractivity contribution in [1.29, 1.82) is 0 Å². The standard InChI is InChI=1S/C16H24O4/c1-4-6-9-13(16(18)19-3)15(17)12-10-7-8-11-14(12)20-5-2/h7-8,10-11,13,15,17H,4-6,9H2,1-3H3. The van der Waals surface area contributed by atoms with Crippen LogP contribution in [0.5, 0.6) is 5.75 Å². The molecule has 0 aliphatic heterocycles. The Morgan fingerprint density at radius 3 is 2.60 bits per heavy atom. The zero-order valence-electron chi connectivity index (χ0n) is 12.5. The monoisotopic (exact) mass is 280 g/mol. The van der Waals surface area contributed by atoms with Gasteiger partial charge >= 0.3 is 5.97 Å². The van der Waals surface area contributed by atoms with Crippen LogP contribution in [0.1, 0.15) is 44.8 Å². The number of rotatable bonds is 8. The molecular formula is C16H24O4. The summed E-state index contributed by atoms with van der Waals surface area (Å²) in [7, 11) is 1.35. The molecule has 0 spiro atoms. The van der Waals surface area contributed by atoms with Gasteiger partial charge in [0.1, 0.15) is 5.75 Å². The summed E-state index contributed by atoms with van der Waals surface area (Å²) in [6.07, 6.45) is 1.53. The van der Waals surface area contributed by atoms with Crippen molar-refractivity contribution in [1.82, 2.24) is 0 Å². The molecule has 0 heterocycles. The van der Waals surface area contributed by atoms with Gasteiger partial charge in [-0.15, -0.1) is 0 Å². The number of carbonyl (C=O) groups excluding carboxylic acids is 1. The lowest BCUT2D eigenvalue weighted by Gasteiger charge is -2.22. The summed E-state index contributed by atoms with van der Waals surface area (Å²) in [6.45, 7) is 4.45. The van der Waals surface area contributed by atoms with Crippen molar-refractivity contribution >= 4 is 5.97 Å². The topological polar surface area (TPSA) is 55.8 Å². The van der Waals surface area contributed by atoms with Gasteiger partial charge in [0, 0.05) is 5.56 Å². The molecule has 0 bridgehead atoms. The van der Waals surface area contributed by atoms with Crippen LogP contribution in [0.2, 0.25) is 0 Å². The zero-order valence-corrected chi connectivity index (χ0v) is 12.5. The molecule has 0 aromatic heterocycles. The van der Waals surface area contributed by atoms with Gasteiger partial charge in [-0.25, -0.2) is 0 Å². The second kappa shape index (κ2) is 8.59. The maximum absolute atomic E-state index is 11.9. The molecule has 112 valence electrons. The molecule has 0 aliphatic carbocycles. The maximum Gasteiger partial charge on any atom is 0.311 e. The van der Waals surface area contributed by atoms with Crippen molar-refractivity contribution in [3.8, 4) is 5.75 Å². The fraction of sp³-hybridized carbons (Fsp3) is 0.562. The van der Waals surface area contributed by atoms with Crippen LogP contribution in [0.25, 0.3) is 0 Å². The third kappa shape index (κ3) is 4.23. The minimum Gasteiger partial charge on any atom is -0.493 e. The number of hydrogen-bond donors (Lipinski definition) is 1. The van der Waals surface area contributed by atoms with Crippen LogP contribution in [0.3, 0.4) is 0 Å². The van der Waals surface area contributed by atoms with Crippen LogP contribution >= 0.6 is 0 Å². The highest BCUT2D eigenvalue weighted by atomic mass is 16.5. The number of esters is 1. The van der Waals surface area contributed by atoms with Gasteiger partial charge in [0.15, 0.2) is 0 Å². The Balaban J connectivity index is 2.98. The van der Waals surface area contributed by atoms with Gasteiger partial charge in [0.05, 0.1) is 25.7 Å². The molecule has 4 nitrogen and oxygen atoms in total. The van der Waals surface area contributed by atoms with Crippen LogP contribution in [-0.2, 0) is 9.53 Å². The van der Waals surface area contributed by atoms with E-state index in [4.69, 9.17) is 9.47 Å². The predicted octanol–water partition coefficient (Wildman–Crippen LogP) is 3.10. The van der Waals surface area contributed by atoms with Crippen LogP contribution in [0, 0.1) is 5.92 Å². The van der Waals surface area contributed by atoms with Crippen molar-refractivity contribution in [3.05, 3.63) is 29.8 Å². The van der Waals surface area contributed by atoms with Crippen LogP contribution in [0.4, 0.5) is 0 Å². The summed E-state index contributed by atoms with van der Waals surface area (Å²) in [5, 5.41) is 10.5. The van der Waals surface area contributed by atoms with Gasteiger partial charge in [-0.1, -0.05) is 38.0 Å². The van der Waals surface area contributed by atoms with Crippen LogP contribution < -0.4 is 4.74 Å². The van der Waals surface area contributed by atoms with Crippen LogP contribution in [0.15, 0.2) is 24.3 Å². The molecule has 0 aliphatic rings. The summed E-state index contributed by atoms with van der Waals surface area (Å²) in [5.74, 6) is -0.313. The molecule has 2 atom stereocenters. The number of ether oxygens (including phenoxy) is 2. The van der Waals surface area contributed by atoms with Crippen molar-refractivity contribution in [2.24, 2.45) is 5.92 Å². The molecule has 4 heteroatoms. The average Bonchev–Trinajstić information content (AvgIpc) is 2.48. The summed E-state index contributed by atoms with van der Waals surface area (Å²) < 4.78 is 10.3. The largest absolute Gasteiger partial charge is 0.493 e. The molecule has 1 aromatic rings. The number of aliphatic hydroxyl groups excluding tert-OH is 1. The van der Waals surface area contributed by atoms with E-state index in [1.807, 2.05) is 19.1 Å². The second-order valence-electron chi connectivity index (χ2n) is 4.69. The molecule has 0 saturated heterocycles. The minimum atomic E-state index is -0.906. The number of unbranched alkanes of at least 4 members (excludes halogenated alkanes) is 1. The van der Waals surface area contributed by atoms with Gasteiger partial charge < -0.3 is 14.6 Å². The molecule has 0 radical (unpaired) electrons. The van der Waals surface area contributed by atoms with Crippen molar-refractivity contribution in [3.63, 3.8) is 0 Å². The minimum absolute atomic E-state index is 0.378. The summed E-state index contributed by atoms with van der Waals surface area (Å²) in [5.41, 5.74) is 0.640. The molecule has 0 fully saturated rings. The average molecular weight is 280 g/mol. The number of hydrogen-bond acceptors (Lipinski definition) is 4. The van der Waals surface area contributed by atoms with Gasteiger partial charge in [-0.3, -0.25) is 4.79 Å². The Morgan fingerprint density at radius 1 is 1.30 bits per heavy atom. The smallest absolute Gasteiger partial charge is 0.311 e. The molecule has 20 heavy (non-hydrogen) atoms. The quantitative estimate of drug-likeness (QED) is 0.743. The fourth-order valence-electron chi connectivity index (χ4n) is 2.21. The van der Waals surface area contributed by atoms with E-state index in [1.54, 1.807) is 12.1 Å². The van der Waals surface area contributed by atoms with Crippen molar-refractivity contribution in [2.75, 3.05) is 13.7 Å². The summed E-state index contributed by atoms with van der Waals surface area (Å²) in [4.78, 5) is 11.9. The number of methoxy groups -OCH3 is 1. The molecular weight excluding hydrogens is 256 g/mol. The highest BCUT2D eigenvalue weighted by Crippen LogP contribution is 2.33. The first-order valence-electron chi connectivity index (χ1n) is 7.13. The van der Waals surface area contributed by atoms with E-state index in [0.29, 0.717) is 24.3 Å². The van der Waals surface area contributed by atoms with Crippen molar-refractivity contribution < 1.29 is 19.4 Å². The number of aliphatic hydroxyl groups is 1. The van der Waals surface area contributed by atoms with E-state index in [9.17, 15) is 9.90 Å². The number of benzene rings is 1. The Kier molecular flexibility index (Phi) is 7.09. The highest BCUT2D eigenvalue weighted by Gasteiger charge is 2.30. The van der Waals surface area contributed by atoms with E-state index >= 15 is 0 Å². The first-order chi connectivity index (χ1) is 9.65. The Morgan fingerprint density at radius 2 is 2.00 bits per heavy atom. The Labute approximate surface area is 120 Å². The lowest BCUT2D eigenvalue weighted by atomic mass is 9.90. The third-order valence-corrected chi connectivity index (χ3v) is 3.29. The molecule has 2 unspecified atom stereocenters. The van der Waals surface area contributed by atoms with Gasteiger partial charge in [-0.2, -0.15) is 0 Å². The highest BCUT2D eigenvalue weighted by molar-refractivity contribution is 5.73. The number of carbonyl (C=O) groups is 1. The van der Waals surface area contributed by atoms with E-state index in [2.05, 4.69) is 6.92 Å². The lowest BCUT2D eigenvalue weighted by Crippen LogP contribution is -2.24. The van der Waals surface area contributed by atoms with E-state index in [0.717, 1.165) is 12.8 Å². The van der Waals surface area contributed by atoms with E-state index in [1.165, 1.54) is 7.11 Å². The third-order valence-electron chi connectivity index (χ3n) is 3.29. The Bertz CT molecular complexity index is 417. The molecule has 1 rings (SSSR count). The summed E-state index contributed by atoms with van der Waals surface area (Å²) >= 11 is 0. The predicted molar refractivity (Wildman–Crippen MR) is 77.6 cm³/mol. The van der Waals surface area contributed by atoms with E-state index < -0.39 is 12.0 Å². The SMILES string of the molecule is CCCCC(C(=O)OC)C(O)c1ccccc1OCC. The molecule has 0 amide bonds. The molecule has 1 aromatic carbocycles. The lowest BCUT2D eigenvalue weighted by molar-refractivity contribution is -0.150. The number of para-hydroxylation sites is 1. The van der Waals surface area contributed by atoms with Crippen molar-refractivity contribution in [2.45, 2.75) is 39.2 Å². The van der Waals surface area contributed by atoms with Gasteiger partial charge in [0.25, 0.3) is 0 Å². The molecule has 0 saturated carbocycles. The first kappa shape index (κ1) is 16.5. The Hall–Kier alpha value is -1.55. The van der Waals surface area contributed by atoms with Crippen LogP contribution in [-0.4, -0.2) is 24.8 Å². The first-order valence-corrected chi connectivity index (χ1v) is 7.13. The van der Waals surface area contributed by atoms with Gasteiger partial charge in [-0.05, 0) is 19.4 Å². The normalized spacial score (nSPS) is 13.6. The molecule has 1 N–H and O–H groups in total. The van der Waals surface area contributed by atoms with Gasteiger partial charge in [0.2, 0.25) is 0 Å².